The highest BCUT2D eigenvalue weighted by Gasteiger charge is 2.46. The fourth-order valence-corrected chi connectivity index (χ4v) is 5.12. The van der Waals surface area contributed by atoms with Gasteiger partial charge in [-0.25, -0.2) is 0 Å². The molecule has 32 heavy (non-hydrogen) atoms. The molecule has 0 saturated heterocycles. The third kappa shape index (κ3) is 2.97. The number of aromatic hydroxyl groups is 1. The van der Waals surface area contributed by atoms with Gasteiger partial charge >= 0.3 is 0 Å². The van der Waals surface area contributed by atoms with Gasteiger partial charge in [-0.3, -0.25) is 24.1 Å². The van der Waals surface area contributed by atoms with E-state index in [0.29, 0.717) is 48.1 Å². The van der Waals surface area contributed by atoms with E-state index in [-0.39, 0.29) is 18.2 Å². The van der Waals surface area contributed by atoms with E-state index in [1.807, 2.05) is 6.07 Å². The van der Waals surface area contributed by atoms with Crippen LogP contribution in [-0.2, 0) is 16.0 Å². The van der Waals surface area contributed by atoms with Crippen LogP contribution in [0, 0.1) is 11.8 Å². The van der Waals surface area contributed by atoms with Crippen LogP contribution in [0.25, 0.3) is 0 Å². The van der Waals surface area contributed by atoms with Crippen LogP contribution in [0.5, 0.6) is 5.75 Å². The fraction of sp³-hybridized carbons (Fsp3) is 0.333. The Labute approximate surface area is 184 Å². The Morgan fingerprint density at radius 2 is 1.62 bits per heavy atom. The van der Waals surface area contributed by atoms with Crippen LogP contribution in [-0.4, -0.2) is 51.6 Å². The van der Waals surface area contributed by atoms with Crippen molar-refractivity contribution >= 4 is 23.6 Å². The molecule has 0 unspecified atom stereocenters. The predicted octanol–water partition coefficient (Wildman–Crippen LogP) is 1.63. The molecule has 5 rings (SSSR count). The molecule has 2 aliphatic heterocycles. The van der Waals surface area contributed by atoms with Gasteiger partial charge in [-0.15, -0.1) is 0 Å². The zero-order valence-electron chi connectivity index (χ0n) is 17.4. The molecule has 0 aromatic heterocycles. The van der Waals surface area contributed by atoms with Crippen LogP contribution in [0.4, 0.5) is 0 Å². The smallest absolute Gasteiger partial charge is 0.261 e. The number of nitrogens with two attached hydrogens (primary N) is 1. The third-order valence-corrected chi connectivity index (χ3v) is 7.00. The van der Waals surface area contributed by atoms with Crippen LogP contribution in [0.15, 0.2) is 42.5 Å². The van der Waals surface area contributed by atoms with Gasteiger partial charge in [-0.05, 0) is 43.0 Å². The van der Waals surface area contributed by atoms with Gasteiger partial charge in [0.15, 0.2) is 0 Å². The maximum Gasteiger partial charge on any atom is 0.261 e. The Kier molecular flexibility index (Phi) is 4.73. The first-order chi connectivity index (χ1) is 15.4. The lowest BCUT2D eigenvalue weighted by Crippen LogP contribution is -2.52. The number of primary amides is 1. The van der Waals surface area contributed by atoms with Crippen LogP contribution in [0.3, 0.4) is 0 Å². The predicted molar refractivity (Wildman–Crippen MR) is 113 cm³/mol. The number of amides is 4. The maximum absolute atomic E-state index is 13.4. The SMILES string of the molecule is NC(=O)[C@H]1CC[C@H]1C(=O)N1CCc2c(O)cccc2[C@H]1CN1C(=O)c2ccccc2C1=O. The standard InChI is InChI=1S/C24H23N3O5/c25-21(29)15-8-9-18(15)22(30)26-11-10-14-13(6-3-7-20(14)28)19(26)12-27-23(31)16-4-1-2-5-17(16)24(27)32/h1-7,15,18-19,28H,8-12H2,(H2,25,29)/t15-,18+,19+/m0/s1. The zero-order valence-corrected chi connectivity index (χ0v) is 17.4. The molecular weight excluding hydrogens is 410 g/mol. The largest absolute Gasteiger partial charge is 0.508 e. The summed E-state index contributed by atoms with van der Waals surface area (Å²) in [5, 5.41) is 10.4. The zero-order chi connectivity index (χ0) is 22.6. The maximum atomic E-state index is 13.4. The number of nitrogens with zero attached hydrogens (tertiary/aromatic N) is 2. The van der Waals surface area contributed by atoms with E-state index in [2.05, 4.69) is 0 Å². The summed E-state index contributed by atoms with van der Waals surface area (Å²) in [6.07, 6.45) is 1.61. The molecule has 2 heterocycles. The number of phenolic OH excluding ortho intramolecular Hbond substituents is 1. The van der Waals surface area contributed by atoms with Gasteiger partial charge in [0.2, 0.25) is 11.8 Å². The van der Waals surface area contributed by atoms with Crippen molar-refractivity contribution in [1.29, 1.82) is 0 Å². The van der Waals surface area contributed by atoms with Gasteiger partial charge in [0.05, 0.1) is 23.7 Å². The molecule has 1 fully saturated rings. The Balaban J connectivity index is 1.50. The van der Waals surface area contributed by atoms with Crippen molar-refractivity contribution in [2.75, 3.05) is 13.1 Å². The van der Waals surface area contributed by atoms with Gasteiger partial charge < -0.3 is 15.7 Å². The summed E-state index contributed by atoms with van der Waals surface area (Å²) in [6, 6.07) is 11.1. The average molecular weight is 433 g/mol. The minimum Gasteiger partial charge on any atom is -0.508 e. The summed E-state index contributed by atoms with van der Waals surface area (Å²) in [4.78, 5) is 53.9. The van der Waals surface area contributed by atoms with Gasteiger partial charge in [-0.2, -0.15) is 0 Å². The molecule has 1 aliphatic carbocycles. The highest BCUT2D eigenvalue weighted by molar-refractivity contribution is 6.21. The highest BCUT2D eigenvalue weighted by Crippen LogP contribution is 2.41. The quantitative estimate of drug-likeness (QED) is 0.710. The van der Waals surface area contributed by atoms with E-state index in [4.69, 9.17) is 5.73 Å². The van der Waals surface area contributed by atoms with Gasteiger partial charge in [0.1, 0.15) is 5.75 Å². The van der Waals surface area contributed by atoms with Gasteiger partial charge in [0.25, 0.3) is 11.8 Å². The Morgan fingerprint density at radius 1 is 0.969 bits per heavy atom. The van der Waals surface area contributed by atoms with Gasteiger partial charge in [-0.1, -0.05) is 24.3 Å². The summed E-state index contributed by atoms with van der Waals surface area (Å²) in [6.45, 7) is 0.293. The molecule has 3 N–H and O–H groups in total. The molecular formula is C24H23N3O5. The van der Waals surface area contributed by atoms with Crippen molar-refractivity contribution in [1.82, 2.24) is 9.80 Å². The van der Waals surface area contributed by atoms with Crippen molar-refractivity contribution in [3.63, 3.8) is 0 Å². The van der Waals surface area contributed by atoms with Crippen molar-refractivity contribution in [3.8, 4) is 5.75 Å². The molecule has 1 saturated carbocycles. The molecule has 164 valence electrons. The number of benzene rings is 2. The van der Waals surface area contributed by atoms with Crippen LogP contribution in [0.1, 0.15) is 50.7 Å². The van der Waals surface area contributed by atoms with E-state index in [9.17, 15) is 24.3 Å². The normalized spacial score (nSPS) is 24.1. The molecule has 2 aromatic carbocycles. The van der Waals surface area contributed by atoms with Crippen LogP contribution < -0.4 is 5.73 Å². The molecule has 3 aliphatic rings. The van der Waals surface area contributed by atoms with Crippen molar-refractivity contribution in [2.45, 2.75) is 25.3 Å². The summed E-state index contributed by atoms with van der Waals surface area (Å²) in [5.74, 6) is -2.34. The van der Waals surface area contributed by atoms with E-state index in [0.717, 1.165) is 0 Å². The first-order valence-electron chi connectivity index (χ1n) is 10.7. The molecule has 0 bridgehead atoms. The molecule has 0 radical (unpaired) electrons. The Hall–Kier alpha value is -3.68. The van der Waals surface area contributed by atoms with Crippen molar-refractivity contribution in [3.05, 3.63) is 64.7 Å². The second-order valence-electron chi connectivity index (χ2n) is 8.60. The summed E-state index contributed by atoms with van der Waals surface area (Å²) in [7, 11) is 0. The lowest BCUT2D eigenvalue weighted by Gasteiger charge is -2.43. The lowest BCUT2D eigenvalue weighted by atomic mass is 9.72. The topological polar surface area (TPSA) is 121 Å². The van der Waals surface area contributed by atoms with Crippen LogP contribution in [0.2, 0.25) is 0 Å². The first kappa shape index (κ1) is 20.2. The summed E-state index contributed by atoms with van der Waals surface area (Å²) in [5.41, 5.74) is 7.56. The Bertz CT molecular complexity index is 1130. The number of carbonyl (C=O) groups excluding carboxylic acids is 4. The molecule has 4 amide bonds. The summed E-state index contributed by atoms with van der Waals surface area (Å²) >= 11 is 0. The molecule has 8 nitrogen and oxygen atoms in total. The number of carbonyl (C=O) groups is 4. The second-order valence-corrected chi connectivity index (χ2v) is 8.60. The number of hydrogen-bond acceptors (Lipinski definition) is 5. The lowest BCUT2D eigenvalue weighted by molar-refractivity contribution is -0.149. The van der Waals surface area contributed by atoms with E-state index in [1.165, 1.54) is 4.90 Å². The number of fused-ring (bicyclic) bond motifs is 2. The minimum absolute atomic E-state index is 0.0253. The molecule has 8 heteroatoms. The Morgan fingerprint density at radius 3 is 2.22 bits per heavy atom. The molecule has 3 atom stereocenters. The van der Waals surface area contributed by atoms with Crippen molar-refractivity contribution in [2.24, 2.45) is 17.6 Å². The number of imide groups is 1. The van der Waals surface area contributed by atoms with E-state index in [1.54, 1.807) is 41.3 Å². The van der Waals surface area contributed by atoms with Crippen molar-refractivity contribution < 1.29 is 24.3 Å². The highest BCUT2D eigenvalue weighted by atomic mass is 16.3. The molecule has 2 aromatic rings. The second kappa shape index (κ2) is 7.47. The van der Waals surface area contributed by atoms with Gasteiger partial charge in [0, 0.05) is 23.9 Å². The third-order valence-electron chi connectivity index (χ3n) is 7.00. The molecule has 0 spiro atoms. The first-order valence-corrected chi connectivity index (χ1v) is 10.7. The number of rotatable bonds is 4. The fourth-order valence-electron chi connectivity index (χ4n) is 5.12. The van der Waals surface area contributed by atoms with Crippen LogP contribution >= 0.6 is 0 Å². The average Bonchev–Trinajstić information content (AvgIpc) is 2.98. The van der Waals surface area contributed by atoms with E-state index < -0.39 is 35.6 Å². The van der Waals surface area contributed by atoms with E-state index >= 15 is 0 Å². The number of hydrogen-bond donors (Lipinski definition) is 2. The minimum atomic E-state index is -0.616. The number of phenols is 1. The monoisotopic (exact) mass is 433 g/mol. The summed E-state index contributed by atoms with van der Waals surface area (Å²) < 4.78 is 0.